The summed E-state index contributed by atoms with van der Waals surface area (Å²) in [6.45, 7) is 1.37. The first-order chi connectivity index (χ1) is 8.83. The number of benzene rings is 1. The van der Waals surface area contributed by atoms with Gasteiger partial charge in [0.1, 0.15) is 0 Å². The molecule has 1 N–H and O–H groups in total. The molecule has 4 atom stereocenters. The van der Waals surface area contributed by atoms with E-state index in [2.05, 4.69) is 0 Å². The molecule has 0 aromatic heterocycles. The molecule has 0 amide bonds. The Morgan fingerprint density at radius 3 is 2.78 bits per heavy atom. The second-order valence-electron chi connectivity index (χ2n) is 4.92. The summed E-state index contributed by atoms with van der Waals surface area (Å²) in [6, 6.07) is 5.85. The smallest absolute Gasteiger partial charge is 0.231 e. The zero-order valence-electron chi connectivity index (χ0n) is 9.74. The van der Waals surface area contributed by atoms with Crippen LogP contribution in [0.1, 0.15) is 11.7 Å². The van der Waals surface area contributed by atoms with Crippen molar-refractivity contribution in [3.8, 4) is 11.5 Å². The molecule has 2 fully saturated rings. The molecule has 1 aromatic carbocycles. The quantitative estimate of drug-likeness (QED) is 0.808. The number of aliphatic hydroxyl groups is 1. The van der Waals surface area contributed by atoms with Crippen LogP contribution in [0.2, 0.25) is 0 Å². The minimum absolute atomic E-state index is 0.0263. The zero-order valence-corrected chi connectivity index (χ0v) is 9.74. The van der Waals surface area contributed by atoms with Crippen molar-refractivity contribution in [2.24, 2.45) is 11.8 Å². The maximum atomic E-state index is 9.67. The molecule has 3 aliphatic heterocycles. The van der Waals surface area contributed by atoms with Gasteiger partial charge in [0.25, 0.3) is 0 Å². The Bertz CT molecular complexity index is 474. The Hall–Kier alpha value is -1.30. The molecule has 5 heteroatoms. The van der Waals surface area contributed by atoms with Gasteiger partial charge in [-0.2, -0.15) is 0 Å². The second-order valence-corrected chi connectivity index (χ2v) is 4.92. The zero-order chi connectivity index (χ0) is 12.1. The SMILES string of the molecule is O[C@H]1OC[C@@H]2[C@H]1CO[C@H]2c1ccc2c(c1)OCO2. The number of fused-ring (bicyclic) bond motifs is 2. The molecule has 0 unspecified atom stereocenters. The molecule has 3 aliphatic rings. The molecule has 0 aliphatic carbocycles. The van der Waals surface area contributed by atoms with Crippen molar-refractivity contribution in [1.29, 1.82) is 0 Å². The van der Waals surface area contributed by atoms with E-state index in [9.17, 15) is 5.11 Å². The van der Waals surface area contributed by atoms with Gasteiger partial charge in [-0.25, -0.2) is 0 Å². The Balaban J connectivity index is 1.64. The van der Waals surface area contributed by atoms with E-state index in [4.69, 9.17) is 18.9 Å². The fourth-order valence-electron chi connectivity index (χ4n) is 2.96. The van der Waals surface area contributed by atoms with Gasteiger partial charge in [-0.3, -0.25) is 0 Å². The normalized spacial score (nSPS) is 36.9. The van der Waals surface area contributed by atoms with E-state index >= 15 is 0 Å². The predicted octanol–water partition coefficient (Wildman–Crippen LogP) is 1.07. The molecular weight excluding hydrogens is 236 g/mol. The van der Waals surface area contributed by atoms with E-state index in [0.717, 1.165) is 17.1 Å². The summed E-state index contributed by atoms with van der Waals surface area (Å²) >= 11 is 0. The van der Waals surface area contributed by atoms with Gasteiger partial charge in [0.05, 0.1) is 19.3 Å². The van der Waals surface area contributed by atoms with E-state index in [-0.39, 0.29) is 24.7 Å². The maximum Gasteiger partial charge on any atom is 0.231 e. The summed E-state index contributed by atoms with van der Waals surface area (Å²) in [5.74, 6) is 1.84. The predicted molar refractivity (Wildman–Crippen MR) is 60.2 cm³/mol. The van der Waals surface area contributed by atoms with E-state index in [1.165, 1.54) is 0 Å². The van der Waals surface area contributed by atoms with Crippen LogP contribution in [0.25, 0.3) is 0 Å². The van der Waals surface area contributed by atoms with Crippen molar-refractivity contribution in [3.05, 3.63) is 23.8 Å². The average Bonchev–Trinajstić information content (AvgIpc) is 3.06. The van der Waals surface area contributed by atoms with Crippen LogP contribution in [0.3, 0.4) is 0 Å². The molecule has 0 spiro atoms. The van der Waals surface area contributed by atoms with E-state index in [1.54, 1.807) is 0 Å². The van der Waals surface area contributed by atoms with Crippen LogP contribution >= 0.6 is 0 Å². The first-order valence-corrected chi connectivity index (χ1v) is 6.14. The number of rotatable bonds is 1. The molecule has 1 aromatic rings. The Labute approximate surface area is 104 Å². The van der Waals surface area contributed by atoms with Crippen LogP contribution in [0.5, 0.6) is 11.5 Å². The van der Waals surface area contributed by atoms with Crippen LogP contribution < -0.4 is 9.47 Å². The molecule has 5 nitrogen and oxygen atoms in total. The Morgan fingerprint density at radius 2 is 1.83 bits per heavy atom. The highest BCUT2D eigenvalue weighted by Gasteiger charge is 2.47. The van der Waals surface area contributed by atoms with Crippen molar-refractivity contribution in [3.63, 3.8) is 0 Å². The molecule has 96 valence electrons. The lowest BCUT2D eigenvalue weighted by Crippen LogP contribution is -2.19. The lowest BCUT2D eigenvalue weighted by atomic mass is 9.89. The highest BCUT2D eigenvalue weighted by Crippen LogP contribution is 2.46. The number of aliphatic hydroxyl groups excluding tert-OH is 1. The average molecular weight is 250 g/mol. The third kappa shape index (κ3) is 1.44. The van der Waals surface area contributed by atoms with Crippen LogP contribution in [-0.2, 0) is 9.47 Å². The summed E-state index contributed by atoms with van der Waals surface area (Å²) in [5.41, 5.74) is 1.06. The van der Waals surface area contributed by atoms with Gasteiger partial charge < -0.3 is 24.1 Å². The number of hydrogen-bond donors (Lipinski definition) is 1. The van der Waals surface area contributed by atoms with Crippen molar-refractivity contribution in [1.82, 2.24) is 0 Å². The molecule has 18 heavy (non-hydrogen) atoms. The monoisotopic (exact) mass is 250 g/mol. The summed E-state index contributed by atoms with van der Waals surface area (Å²) in [4.78, 5) is 0. The molecular formula is C13H14O5. The molecule has 2 saturated heterocycles. The summed E-state index contributed by atoms with van der Waals surface area (Å²) in [6.07, 6.45) is -0.712. The van der Waals surface area contributed by atoms with Gasteiger partial charge in [-0.1, -0.05) is 6.07 Å². The van der Waals surface area contributed by atoms with E-state index in [1.807, 2.05) is 18.2 Å². The fourth-order valence-corrected chi connectivity index (χ4v) is 2.96. The third-order valence-electron chi connectivity index (χ3n) is 3.96. The van der Waals surface area contributed by atoms with E-state index in [0.29, 0.717) is 13.2 Å². The topological polar surface area (TPSA) is 57.2 Å². The Morgan fingerprint density at radius 1 is 1.00 bits per heavy atom. The first-order valence-electron chi connectivity index (χ1n) is 6.14. The molecule has 3 heterocycles. The summed E-state index contributed by atoms with van der Waals surface area (Å²) < 4.78 is 21.7. The number of ether oxygens (including phenoxy) is 4. The van der Waals surface area contributed by atoms with Crippen LogP contribution in [0, 0.1) is 11.8 Å². The van der Waals surface area contributed by atoms with Gasteiger partial charge >= 0.3 is 0 Å². The largest absolute Gasteiger partial charge is 0.454 e. The van der Waals surface area contributed by atoms with Gasteiger partial charge in [0.2, 0.25) is 6.79 Å². The highest BCUT2D eigenvalue weighted by atomic mass is 16.7. The fraction of sp³-hybridized carbons (Fsp3) is 0.538. The maximum absolute atomic E-state index is 9.67. The van der Waals surface area contributed by atoms with Gasteiger partial charge in [-0.15, -0.1) is 0 Å². The van der Waals surface area contributed by atoms with E-state index < -0.39 is 6.29 Å². The molecule has 4 rings (SSSR count). The van der Waals surface area contributed by atoms with Crippen molar-refractivity contribution >= 4 is 0 Å². The molecule has 0 radical (unpaired) electrons. The summed E-state index contributed by atoms with van der Waals surface area (Å²) in [7, 11) is 0. The minimum atomic E-state index is -0.686. The van der Waals surface area contributed by atoms with Crippen LogP contribution in [-0.4, -0.2) is 31.4 Å². The van der Waals surface area contributed by atoms with Crippen molar-refractivity contribution < 1.29 is 24.1 Å². The molecule has 0 saturated carbocycles. The first kappa shape index (κ1) is 10.6. The lowest BCUT2D eigenvalue weighted by Gasteiger charge is -2.16. The van der Waals surface area contributed by atoms with Gasteiger partial charge in [0, 0.05) is 11.8 Å². The summed E-state index contributed by atoms with van der Waals surface area (Å²) in [5, 5.41) is 9.67. The standard InChI is InChI=1S/C13H14O5/c14-13-9-5-15-12(8(9)4-16-13)7-1-2-10-11(3-7)18-6-17-10/h1-3,8-9,12-14H,4-6H2/t8-,9-,12+,13+/m1/s1. The lowest BCUT2D eigenvalue weighted by molar-refractivity contribution is -0.0961. The van der Waals surface area contributed by atoms with Crippen LogP contribution in [0.4, 0.5) is 0 Å². The van der Waals surface area contributed by atoms with Crippen molar-refractivity contribution in [2.75, 3.05) is 20.0 Å². The van der Waals surface area contributed by atoms with Crippen molar-refractivity contribution in [2.45, 2.75) is 12.4 Å². The third-order valence-corrected chi connectivity index (χ3v) is 3.96. The number of hydrogen-bond acceptors (Lipinski definition) is 5. The second kappa shape index (κ2) is 3.85. The molecule has 0 bridgehead atoms. The van der Waals surface area contributed by atoms with Crippen LogP contribution in [0.15, 0.2) is 18.2 Å². The van der Waals surface area contributed by atoms with Gasteiger partial charge in [0.15, 0.2) is 17.8 Å². The Kier molecular flexibility index (Phi) is 2.27. The highest BCUT2D eigenvalue weighted by molar-refractivity contribution is 5.45. The minimum Gasteiger partial charge on any atom is -0.454 e. The van der Waals surface area contributed by atoms with Gasteiger partial charge in [-0.05, 0) is 17.7 Å².